The van der Waals surface area contributed by atoms with Gasteiger partial charge < -0.3 is 10.1 Å². The Morgan fingerprint density at radius 2 is 2.27 bits per heavy atom. The Kier molecular flexibility index (Phi) is 4.06. The van der Waals surface area contributed by atoms with Gasteiger partial charge in [0, 0.05) is 9.90 Å². The first-order chi connectivity index (χ1) is 10.6. The van der Waals surface area contributed by atoms with Crippen LogP contribution in [0, 0.1) is 11.3 Å². The molecule has 3 rings (SSSR count). The number of fused-ring (bicyclic) bond motifs is 1. The van der Waals surface area contributed by atoms with Crippen LogP contribution in [0.2, 0.25) is 5.02 Å². The van der Waals surface area contributed by atoms with E-state index < -0.39 is 0 Å². The molecule has 1 amide bonds. The van der Waals surface area contributed by atoms with Crippen molar-refractivity contribution in [3.63, 3.8) is 0 Å². The first-order valence-electron chi connectivity index (χ1n) is 6.83. The fourth-order valence-electron chi connectivity index (χ4n) is 2.64. The summed E-state index contributed by atoms with van der Waals surface area (Å²) >= 11 is 7.44. The molecule has 1 N–H and O–H groups in total. The van der Waals surface area contributed by atoms with E-state index in [-0.39, 0.29) is 5.91 Å². The number of thiophene rings is 1. The number of halogens is 1. The average Bonchev–Trinajstić information content (AvgIpc) is 3.07. The van der Waals surface area contributed by atoms with Crippen molar-refractivity contribution in [2.24, 2.45) is 0 Å². The third-order valence-corrected chi connectivity index (χ3v) is 5.11. The van der Waals surface area contributed by atoms with Crippen molar-refractivity contribution >= 4 is 33.8 Å². The van der Waals surface area contributed by atoms with Gasteiger partial charge in [0.1, 0.15) is 16.8 Å². The quantitative estimate of drug-likeness (QED) is 0.923. The van der Waals surface area contributed by atoms with Gasteiger partial charge >= 0.3 is 0 Å². The van der Waals surface area contributed by atoms with Crippen LogP contribution < -0.4 is 10.1 Å². The second-order valence-corrected chi connectivity index (χ2v) is 6.51. The van der Waals surface area contributed by atoms with Crippen LogP contribution in [0.3, 0.4) is 0 Å². The van der Waals surface area contributed by atoms with Gasteiger partial charge in [-0.25, -0.2) is 0 Å². The Hall–Kier alpha value is -2.03. The van der Waals surface area contributed by atoms with Crippen molar-refractivity contribution in [2.75, 3.05) is 12.4 Å². The number of amides is 1. The van der Waals surface area contributed by atoms with E-state index >= 15 is 0 Å². The highest BCUT2D eigenvalue weighted by molar-refractivity contribution is 7.16. The molecular formula is C16H13ClN2O2S. The number of hydrogen-bond acceptors (Lipinski definition) is 4. The Balaban J connectivity index is 1.93. The average molecular weight is 333 g/mol. The zero-order chi connectivity index (χ0) is 15.7. The number of methoxy groups -OCH3 is 1. The molecule has 112 valence electrons. The standard InChI is InChI=1S/C16H13ClN2O2S/c1-21-13-6-5-9(17)7-11(13)15(20)19-16-12(8-18)10-3-2-4-14(10)22-16/h5-7H,2-4H2,1H3,(H,19,20). The lowest BCUT2D eigenvalue weighted by Crippen LogP contribution is -2.13. The van der Waals surface area contributed by atoms with Gasteiger partial charge in [-0.1, -0.05) is 11.6 Å². The first kappa shape index (κ1) is 14.9. The Morgan fingerprint density at radius 1 is 1.45 bits per heavy atom. The minimum atomic E-state index is -0.323. The van der Waals surface area contributed by atoms with Crippen LogP contribution in [0.4, 0.5) is 5.00 Å². The molecule has 0 aliphatic heterocycles. The number of ether oxygens (including phenoxy) is 1. The molecule has 1 heterocycles. The number of nitrogens with zero attached hydrogens (tertiary/aromatic N) is 1. The van der Waals surface area contributed by atoms with Crippen LogP contribution in [-0.4, -0.2) is 13.0 Å². The zero-order valence-electron chi connectivity index (χ0n) is 11.9. The molecule has 1 aromatic heterocycles. The molecule has 0 saturated carbocycles. The molecule has 0 spiro atoms. The number of nitriles is 1. The molecule has 0 fully saturated rings. The van der Waals surface area contributed by atoms with Crippen LogP contribution in [0.25, 0.3) is 0 Å². The summed E-state index contributed by atoms with van der Waals surface area (Å²) in [5.74, 6) is 0.125. The molecule has 4 nitrogen and oxygen atoms in total. The highest BCUT2D eigenvalue weighted by Gasteiger charge is 2.24. The lowest BCUT2D eigenvalue weighted by atomic mass is 10.1. The van der Waals surface area contributed by atoms with Crippen LogP contribution in [0.15, 0.2) is 18.2 Å². The molecule has 0 radical (unpaired) electrons. The van der Waals surface area contributed by atoms with E-state index in [1.54, 1.807) is 18.2 Å². The summed E-state index contributed by atoms with van der Waals surface area (Å²) in [7, 11) is 1.50. The van der Waals surface area contributed by atoms with E-state index in [2.05, 4.69) is 11.4 Å². The van der Waals surface area contributed by atoms with Gasteiger partial charge in [0.2, 0.25) is 0 Å². The largest absolute Gasteiger partial charge is 0.496 e. The van der Waals surface area contributed by atoms with Crippen molar-refractivity contribution in [1.82, 2.24) is 0 Å². The van der Waals surface area contributed by atoms with Crippen LogP contribution in [0.1, 0.15) is 32.8 Å². The van der Waals surface area contributed by atoms with Crippen molar-refractivity contribution in [3.8, 4) is 11.8 Å². The summed E-state index contributed by atoms with van der Waals surface area (Å²) in [4.78, 5) is 13.7. The maximum Gasteiger partial charge on any atom is 0.260 e. The van der Waals surface area contributed by atoms with E-state index in [1.165, 1.54) is 23.3 Å². The van der Waals surface area contributed by atoms with Crippen LogP contribution in [-0.2, 0) is 12.8 Å². The number of nitrogens with one attached hydrogen (secondary N) is 1. The maximum absolute atomic E-state index is 12.5. The SMILES string of the molecule is COc1ccc(Cl)cc1C(=O)Nc1sc2c(c1C#N)CCC2. The van der Waals surface area contributed by atoms with Crippen molar-refractivity contribution in [3.05, 3.63) is 44.8 Å². The van der Waals surface area contributed by atoms with Gasteiger partial charge in [0.25, 0.3) is 5.91 Å². The second kappa shape index (κ2) is 5.99. The number of anilines is 1. The molecule has 0 saturated heterocycles. The Labute approximate surface area is 137 Å². The van der Waals surface area contributed by atoms with Gasteiger partial charge in [-0.3, -0.25) is 4.79 Å². The highest BCUT2D eigenvalue weighted by atomic mass is 35.5. The van der Waals surface area contributed by atoms with Crippen molar-refractivity contribution in [2.45, 2.75) is 19.3 Å². The minimum absolute atomic E-state index is 0.323. The van der Waals surface area contributed by atoms with E-state index in [1.807, 2.05) is 0 Å². The fraction of sp³-hybridized carbons (Fsp3) is 0.250. The third kappa shape index (κ3) is 2.56. The smallest absolute Gasteiger partial charge is 0.260 e. The summed E-state index contributed by atoms with van der Waals surface area (Å²) < 4.78 is 5.20. The molecule has 1 aromatic carbocycles. The normalized spacial score (nSPS) is 12.6. The molecule has 0 bridgehead atoms. The zero-order valence-corrected chi connectivity index (χ0v) is 13.5. The topological polar surface area (TPSA) is 62.1 Å². The highest BCUT2D eigenvalue weighted by Crippen LogP contribution is 2.39. The molecular weight excluding hydrogens is 320 g/mol. The predicted molar refractivity (Wildman–Crippen MR) is 87.0 cm³/mol. The van der Waals surface area contributed by atoms with Crippen molar-refractivity contribution < 1.29 is 9.53 Å². The number of carbonyl (C=O) groups is 1. The molecule has 0 unspecified atom stereocenters. The molecule has 2 aromatic rings. The number of carbonyl (C=O) groups excluding carboxylic acids is 1. The third-order valence-electron chi connectivity index (χ3n) is 3.67. The van der Waals surface area contributed by atoms with E-state index in [9.17, 15) is 10.1 Å². The van der Waals surface area contributed by atoms with E-state index in [4.69, 9.17) is 16.3 Å². The van der Waals surface area contributed by atoms with E-state index in [0.717, 1.165) is 24.8 Å². The summed E-state index contributed by atoms with van der Waals surface area (Å²) in [5.41, 5.74) is 2.03. The Bertz CT molecular complexity index is 792. The van der Waals surface area contributed by atoms with E-state index in [0.29, 0.717) is 26.9 Å². The number of rotatable bonds is 3. The summed E-state index contributed by atoms with van der Waals surface area (Å²) in [5, 5.41) is 13.3. The monoisotopic (exact) mass is 332 g/mol. The second-order valence-electron chi connectivity index (χ2n) is 4.97. The number of aryl methyl sites for hydroxylation is 1. The lowest BCUT2D eigenvalue weighted by Gasteiger charge is -2.09. The molecule has 1 aliphatic rings. The predicted octanol–water partition coefficient (Wildman–Crippen LogP) is 4.02. The lowest BCUT2D eigenvalue weighted by molar-refractivity contribution is 0.102. The van der Waals surface area contributed by atoms with Gasteiger partial charge in [0.05, 0.1) is 18.2 Å². The van der Waals surface area contributed by atoms with Gasteiger partial charge in [0.15, 0.2) is 0 Å². The summed E-state index contributed by atoms with van der Waals surface area (Å²) in [6.07, 6.45) is 2.96. The Morgan fingerprint density at radius 3 is 3.00 bits per heavy atom. The van der Waals surface area contributed by atoms with Gasteiger partial charge in [-0.2, -0.15) is 5.26 Å². The van der Waals surface area contributed by atoms with Crippen LogP contribution in [0.5, 0.6) is 5.75 Å². The van der Waals surface area contributed by atoms with Gasteiger partial charge in [-0.15, -0.1) is 11.3 Å². The molecule has 0 atom stereocenters. The molecule has 6 heteroatoms. The summed E-state index contributed by atoms with van der Waals surface area (Å²) in [6, 6.07) is 7.08. The van der Waals surface area contributed by atoms with Crippen LogP contribution >= 0.6 is 22.9 Å². The maximum atomic E-state index is 12.5. The fourth-order valence-corrected chi connectivity index (χ4v) is 4.05. The van der Waals surface area contributed by atoms with Crippen molar-refractivity contribution in [1.29, 1.82) is 5.26 Å². The number of benzene rings is 1. The first-order valence-corrected chi connectivity index (χ1v) is 8.03. The number of hydrogen-bond donors (Lipinski definition) is 1. The summed E-state index contributed by atoms with van der Waals surface area (Å²) in [6.45, 7) is 0. The molecule has 1 aliphatic carbocycles. The molecule has 22 heavy (non-hydrogen) atoms. The van der Waals surface area contributed by atoms with Gasteiger partial charge in [-0.05, 0) is 43.0 Å². The minimum Gasteiger partial charge on any atom is -0.496 e.